The number of hydrogen-bond acceptors (Lipinski definition) is 1. The van der Waals surface area contributed by atoms with Crippen molar-refractivity contribution in [2.24, 2.45) is 5.92 Å². The molecule has 0 atom stereocenters. The number of hydrogen-bond donors (Lipinski definition) is 1. The first-order valence-corrected chi connectivity index (χ1v) is 7.24. The highest BCUT2D eigenvalue weighted by atomic mass is 35.5. The molecule has 1 amide bonds. The van der Waals surface area contributed by atoms with Crippen LogP contribution in [0.5, 0.6) is 0 Å². The Bertz CT molecular complexity index is 455. The maximum absolute atomic E-state index is 13.6. The van der Waals surface area contributed by atoms with Gasteiger partial charge in [0.05, 0.1) is 5.56 Å². The summed E-state index contributed by atoms with van der Waals surface area (Å²) in [5.41, 5.74) is 0.0713. The van der Waals surface area contributed by atoms with Crippen LogP contribution in [0.15, 0.2) is 18.2 Å². The summed E-state index contributed by atoms with van der Waals surface area (Å²) >= 11 is 5.67. The Hall–Kier alpha value is -1.09. The van der Waals surface area contributed by atoms with Gasteiger partial charge in [-0.25, -0.2) is 4.39 Å². The van der Waals surface area contributed by atoms with E-state index in [1.165, 1.54) is 24.6 Å². The minimum Gasteiger partial charge on any atom is -0.349 e. The smallest absolute Gasteiger partial charge is 0.254 e. The molecule has 0 radical (unpaired) electrons. The van der Waals surface area contributed by atoms with Crippen molar-refractivity contribution in [3.05, 3.63) is 34.6 Å². The molecule has 0 spiro atoms. The van der Waals surface area contributed by atoms with Gasteiger partial charge in [0.25, 0.3) is 5.91 Å². The lowest BCUT2D eigenvalue weighted by molar-refractivity contribution is 0.0917. The summed E-state index contributed by atoms with van der Waals surface area (Å²) in [5, 5.41) is 3.22. The molecule has 0 aromatic heterocycles. The maximum atomic E-state index is 13.6. The van der Waals surface area contributed by atoms with Gasteiger partial charge >= 0.3 is 0 Å². The highest BCUT2D eigenvalue weighted by molar-refractivity contribution is 6.30. The number of benzene rings is 1. The Balaban J connectivity index is 1.94. The predicted molar refractivity (Wildman–Crippen MR) is 74.9 cm³/mol. The van der Waals surface area contributed by atoms with Gasteiger partial charge in [0.2, 0.25) is 0 Å². The number of rotatable bonds is 3. The zero-order valence-corrected chi connectivity index (χ0v) is 11.8. The first kappa shape index (κ1) is 14.3. The summed E-state index contributed by atoms with van der Waals surface area (Å²) in [5.74, 6) is -0.123. The van der Waals surface area contributed by atoms with E-state index >= 15 is 0 Å². The minimum atomic E-state index is -0.563. The summed E-state index contributed by atoms with van der Waals surface area (Å²) in [6.07, 6.45) is 5.46. The fourth-order valence-corrected chi connectivity index (χ4v) is 2.81. The first-order valence-electron chi connectivity index (χ1n) is 6.86. The molecule has 0 unspecified atom stereocenters. The van der Waals surface area contributed by atoms with Gasteiger partial charge in [-0.2, -0.15) is 0 Å². The maximum Gasteiger partial charge on any atom is 0.254 e. The molecule has 19 heavy (non-hydrogen) atoms. The lowest BCUT2D eigenvalue weighted by Gasteiger charge is -2.28. The van der Waals surface area contributed by atoms with E-state index in [4.69, 9.17) is 11.6 Å². The molecule has 0 heterocycles. The van der Waals surface area contributed by atoms with Crippen LogP contribution in [0, 0.1) is 11.7 Å². The lowest BCUT2D eigenvalue weighted by atomic mass is 9.84. The quantitative estimate of drug-likeness (QED) is 0.886. The molecular weight excluding hydrogens is 265 g/mol. The van der Waals surface area contributed by atoms with Crippen molar-refractivity contribution in [2.75, 3.05) is 0 Å². The molecule has 0 bridgehead atoms. The van der Waals surface area contributed by atoms with E-state index in [-0.39, 0.29) is 17.5 Å². The predicted octanol–water partition coefficient (Wildman–Crippen LogP) is 4.18. The molecule has 1 aliphatic carbocycles. The second-order valence-electron chi connectivity index (χ2n) is 5.22. The van der Waals surface area contributed by atoms with E-state index in [0.29, 0.717) is 5.02 Å². The first-order chi connectivity index (χ1) is 9.10. The molecule has 1 fully saturated rings. The van der Waals surface area contributed by atoms with Gasteiger partial charge in [0.1, 0.15) is 5.82 Å². The second kappa shape index (κ2) is 6.38. The van der Waals surface area contributed by atoms with E-state index < -0.39 is 5.82 Å². The molecule has 2 nitrogen and oxygen atoms in total. The molecule has 4 heteroatoms. The third-order valence-electron chi connectivity index (χ3n) is 3.94. The average molecular weight is 284 g/mol. The summed E-state index contributed by atoms with van der Waals surface area (Å²) in [6, 6.07) is 4.31. The minimum absolute atomic E-state index is 0.0713. The van der Waals surface area contributed by atoms with Crippen molar-refractivity contribution in [2.45, 2.75) is 45.1 Å². The van der Waals surface area contributed by atoms with E-state index in [2.05, 4.69) is 12.2 Å². The standard InChI is InChI=1S/C15H19ClFNO/c1-2-10-3-6-12(7-4-10)18-15(19)13-8-5-11(16)9-14(13)17/h5,8-10,12H,2-4,6-7H2,1H3,(H,18,19). The third-order valence-corrected chi connectivity index (χ3v) is 4.17. The monoisotopic (exact) mass is 283 g/mol. The zero-order chi connectivity index (χ0) is 13.8. The molecule has 1 saturated carbocycles. The van der Waals surface area contributed by atoms with Crippen LogP contribution in [-0.4, -0.2) is 11.9 Å². The topological polar surface area (TPSA) is 29.1 Å². The molecule has 1 aromatic carbocycles. The lowest BCUT2D eigenvalue weighted by Crippen LogP contribution is -2.37. The van der Waals surface area contributed by atoms with E-state index in [1.54, 1.807) is 0 Å². The van der Waals surface area contributed by atoms with Crippen molar-refractivity contribution in [1.29, 1.82) is 0 Å². The fraction of sp³-hybridized carbons (Fsp3) is 0.533. The Labute approximate surface area is 118 Å². The number of amides is 1. The van der Waals surface area contributed by atoms with Crippen LogP contribution < -0.4 is 5.32 Å². The SMILES string of the molecule is CCC1CCC(NC(=O)c2ccc(Cl)cc2F)CC1. The van der Waals surface area contributed by atoms with Crippen molar-refractivity contribution in [1.82, 2.24) is 5.32 Å². The van der Waals surface area contributed by atoms with Gasteiger partial charge in [-0.05, 0) is 49.8 Å². The highest BCUT2D eigenvalue weighted by Gasteiger charge is 2.22. The molecule has 1 N–H and O–H groups in total. The number of halogens is 2. The van der Waals surface area contributed by atoms with Crippen LogP contribution in [-0.2, 0) is 0 Å². The third kappa shape index (κ3) is 3.69. The zero-order valence-electron chi connectivity index (χ0n) is 11.1. The van der Waals surface area contributed by atoms with Gasteiger partial charge in [-0.15, -0.1) is 0 Å². The van der Waals surface area contributed by atoms with Gasteiger partial charge in [-0.1, -0.05) is 24.9 Å². The second-order valence-corrected chi connectivity index (χ2v) is 5.66. The summed E-state index contributed by atoms with van der Waals surface area (Å²) in [6.45, 7) is 2.20. The Morgan fingerprint density at radius 3 is 2.63 bits per heavy atom. The molecule has 0 aliphatic heterocycles. The fourth-order valence-electron chi connectivity index (χ4n) is 2.65. The van der Waals surface area contributed by atoms with Crippen LogP contribution in [0.4, 0.5) is 4.39 Å². The molecule has 1 aromatic rings. The Kier molecular flexibility index (Phi) is 4.81. The molecular formula is C15H19ClFNO. The number of carbonyl (C=O) groups excluding carboxylic acids is 1. The van der Waals surface area contributed by atoms with Gasteiger partial charge < -0.3 is 5.32 Å². The van der Waals surface area contributed by atoms with E-state index in [0.717, 1.165) is 31.6 Å². The van der Waals surface area contributed by atoms with Crippen molar-refractivity contribution in [3.63, 3.8) is 0 Å². The largest absolute Gasteiger partial charge is 0.349 e. The van der Waals surface area contributed by atoms with Crippen LogP contribution in [0.1, 0.15) is 49.4 Å². The van der Waals surface area contributed by atoms with Gasteiger partial charge in [-0.3, -0.25) is 4.79 Å². The normalized spacial score (nSPS) is 23.1. The van der Waals surface area contributed by atoms with Crippen molar-refractivity contribution >= 4 is 17.5 Å². The van der Waals surface area contributed by atoms with E-state index in [9.17, 15) is 9.18 Å². The van der Waals surface area contributed by atoms with Crippen molar-refractivity contribution < 1.29 is 9.18 Å². The van der Waals surface area contributed by atoms with Crippen molar-refractivity contribution in [3.8, 4) is 0 Å². The van der Waals surface area contributed by atoms with Gasteiger partial charge in [0, 0.05) is 11.1 Å². The van der Waals surface area contributed by atoms with Gasteiger partial charge in [0.15, 0.2) is 0 Å². The molecule has 0 saturated heterocycles. The van der Waals surface area contributed by atoms with Crippen LogP contribution in [0.25, 0.3) is 0 Å². The average Bonchev–Trinajstić information content (AvgIpc) is 2.39. The summed E-state index contributed by atoms with van der Waals surface area (Å²) in [4.78, 5) is 12.0. The number of nitrogens with one attached hydrogen (secondary N) is 1. The van der Waals surface area contributed by atoms with Crippen LogP contribution in [0.2, 0.25) is 5.02 Å². The molecule has 2 rings (SSSR count). The molecule has 1 aliphatic rings. The Morgan fingerprint density at radius 1 is 1.37 bits per heavy atom. The summed E-state index contributed by atoms with van der Waals surface area (Å²) in [7, 11) is 0. The summed E-state index contributed by atoms with van der Waals surface area (Å²) < 4.78 is 13.6. The highest BCUT2D eigenvalue weighted by Crippen LogP contribution is 2.26. The van der Waals surface area contributed by atoms with Crippen LogP contribution >= 0.6 is 11.6 Å². The Morgan fingerprint density at radius 2 is 2.05 bits per heavy atom. The van der Waals surface area contributed by atoms with E-state index in [1.807, 2.05) is 0 Å². The van der Waals surface area contributed by atoms with Crippen LogP contribution in [0.3, 0.4) is 0 Å². The molecule has 104 valence electrons. The number of carbonyl (C=O) groups is 1.